The maximum absolute atomic E-state index is 2.36. The third-order valence-corrected chi connectivity index (χ3v) is 10.5. The minimum Gasteiger partial charge on any atom is -0.345 e. The summed E-state index contributed by atoms with van der Waals surface area (Å²) in [6.07, 6.45) is 0. The van der Waals surface area contributed by atoms with Gasteiger partial charge in [-0.15, -0.1) is 0 Å². The first kappa shape index (κ1) is 30.0. The van der Waals surface area contributed by atoms with Crippen LogP contribution in [0.1, 0.15) is 0 Å². The molecule has 8 aromatic carbocycles. The molecule has 0 fully saturated rings. The number of hydrogen-bond acceptors (Lipinski definition) is 1. The van der Waals surface area contributed by atoms with Gasteiger partial charge >= 0.3 is 0 Å². The van der Waals surface area contributed by atoms with E-state index in [1.165, 1.54) is 77.2 Å². The van der Waals surface area contributed by atoms with Crippen LogP contribution >= 0.6 is 0 Å². The number of para-hydroxylation sites is 4. The molecule has 0 aliphatic rings. The molecule has 0 saturated heterocycles. The molecule has 0 radical (unpaired) electrons. The topological polar surface area (TPSA) is 13.1 Å². The Morgan fingerprint density at radius 2 is 0.654 bits per heavy atom. The van der Waals surface area contributed by atoms with Crippen LogP contribution in [0.15, 0.2) is 194 Å². The first-order chi connectivity index (χ1) is 25.7. The van der Waals surface area contributed by atoms with Crippen molar-refractivity contribution in [1.29, 1.82) is 0 Å². The Morgan fingerprint density at radius 1 is 0.308 bits per heavy atom. The van der Waals surface area contributed by atoms with E-state index < -0.39 is 0 Å². The van der Waals surface area contributed by atoms with Gasteiger partial charge in [0.25, 0.3) is 0 Å². The van der Waals surface area contributed by atoms with Crippen molar-refractivity contribution in [3.8, 4) is 33.6 Å². The van der Waals surface area contributed by atoms with Gasteiger partial charge in [-0.2, -0.15) is 0 Å². The average molecular weight is 666 g/mol. The van der Waals surface area contributed by atoms with E-state index in [0.717, 1.165) is 11.4 Å². The second kappa shape index (κ2) is 12.2. The van der Waals surface area contributed by atoms with Gasteiger partial charge in [-0.05, 0) is 107 Å². The Kier molecular flexibility index (Phi) is 7.04. The van der Waals surface area contributed by atoms with E-state index in [1.807, 2.05) is 0 Å². The molecule has 246 valence electrons. The van der Waals surface area contributed by atoms with Gasteiger partial charge < -0.3 is 14.0 Å². The Morgan fingerprint density at radius 3 is 1.08 bits per heavy atom. The summed E-state index contributed by atoms with van der Waals surface area (Å²) in [6.45, 7) is 0. The summed E-state index contributed by atoms with van der Waals surface area (Å²) >= 11 is 0. The molecule has 0 aliphatic carbocycles. The first-order valence-corrected chi connectivity index (χ1v) is 17.8. The highest BCUT2D eigenvalue weighted by atomic mass is 15.1. The zero-order valence-electron chi connectivity index (χ0n) is 28.8. The summed E-state index contributed by atoms with van der Waals surface area (Å²) in [6, 6.07) is 70.1. The van der Waals surface area contributed by atoms with E-state index in [0.29, 0.717) is 0 Å². The monoisotopic (exact) mass is 665 g/mol. The van der Waals surface area contributed by atoms with Gasteiger partial charge in [0.2, 0.25) is 0 Å². The van der Waals surface area contributed by atoms with Crippen molar-refractivity contribution in [2.45, 2.75) is 0 Å². The van der Waals surface area contributed by atoms with Crippen LogP contribution in [0, 0.1) is 0 Å². The molecule has 0 atom stereocenters. The van der Waals surface area contributed by atoms with E-state index in [-0.39, 0.29) is 0 Å². The lowest BCUT2D eigenvalue weighted by Crippen LogP contribution is -2.08. The maximum atomic E-state index is 2.36. The SMILES string of the molecule is CN(c1ccc(-c2ccc3c(c2)c2ccccc2n3-c2ccccc2)cc1)c1ccc(-c2ccc3c(c2)c2ccccc2n3-c2ccccc2)cc1. The molecule has 0 saturated carbocycles. The molecule has 10 rings (SSSR count). The van der Waals surface area contributed by atoms with E-state index in [9.17, 15) is 0 Å². The zero-order valence-corrected chi connectivity index (χ0v) is 28.8. The number of hydrogen-bond donors (Lipinski definition) is 0. The van der Waals surface area contributed by atoms with Crippen molar-refractivity contribution >= 4 is 55.0 Å². The van der Waals surface area contributed by atoms with Crippen LogP contribution in [0.5, 0.6) is 0 Å². The normalized spacial score (nSPS) is 11.6. The van der Waals surface area contributed by atoms with E-state index in [1.54, 1.807) is 0 Å². The molecule has 3 heteroatoms. The summed E-state index contributed by atoms with van der Waals surface area (Å²) in [5.41, 5.74) is 14.4. The molecule has 0 bridgehead atoms. The number of nitrogens with zero attached hydrogens (tertiary/aromatic N) is 3. The molecule has 0 amide bonds. The van der Waals surface area contributed by atoms with Crippen molar-refractivity contribution in [2.75, 3.05) is 11.9 Å². The van der Waals surface area contributed by atoms with Gasteiger partial charge in [0.05, 0.1) is 22.1 Å². The third-order valence-electron chi connectivity index (χ3n) is 10.5. The molecule has 10 aromatic rings. The summed E-state index contributed by atoms with van der Waals surface area (Å²) in [5, 5.41) is 5.06. The van der Waals surface area contributed by atoms with Gasteiger partial charge in [0.15, 0.2) is 0 Å². The van der Waals surface area contributed by atoms with Crippen molar-refractivity contribution in [1.82, 2.24) is 9.13 Å². The second-order valence-electron chi connectivity index (χ2n) is 13.5. The van der Waals surface area contributed by atoms with Crippen molar-refractivity contribution in [3.05, 3.63) is 194 Å². The number of aromatic nitrogens is 2. The largest absolute Gasteiger partial charge is 0.345 e. The lowest BCUT2D eigenvalue weighted by atomic mass is 10.0. The molecule has 2 aromatic heterocycles. The molecular weight excluding hydrogens is 631 g/mol. The number of benzene rings is 8. The molecule has 0 spiro atoms. The predicted octanol–water partition coefficient (Wildman–Crippen LogP) is 13.0. The lowest BCUT2D eigenvalue weighted by molar-refractivity contribution is 1.18. The summed E-state index contributed by atoms with van der Waals surface area (Å²) in [7, 11) is 2.14. The van der Waals surface area contributed by atoms with E-state index in [4.69, 9.17) is 0 Å². The molecule has 0 N–H and O–H groups in total. The highest BCUT2D eigenvalue weighted by Crippen LogP contribution is 2.37. The smallest absolute Gasteiger partial charge is 0.0541 e. The Bertz CT molecular complexity index is 2680. The molecule has 0 unspecified atom stereocenters. The number of anilines is 2. The van der Waals surface area contributed by atoms with Crippen LogP contribution in [-0.2, 0) is 0 Å². The molecular formula is C49H35N3. The van der Waals surface area contributed by atoms with E-state index in [2.05, 4.69) is 215 Å². The standard InChI is InChI=1S/C49H35N3/c1-50(38-26-20-34(21-27-38)36-24-30-48-44(32-36)42-16-8-10-18-46(42)51(48)40-12-4-2-5-13-40)39-28-22-35(23-29-39)37-25-31-49-45(33-37)43-17-9-11-19-47(43)52(49)41-14-6-3-7-15-41/h2-33H,1H3. The third kappa shape index (κ3) is 4.90. The van der Waals surface area contributed by atoms with Gasteiger partial charge in [0.1, 0.15) is 0 Å². The summed E-state index contributed by atoms with van der Waals surface area (Å²) < 4.78 is 4.72. The van der Waals surface area contributed by atoms with E-state index >= 15 is 0 Å². The van der Waals surface area contributed by atoms with Crippen LogP contribution in [0.25, 0.3) is 77.2 Å². The van der Waals surface area contributed by atoms with Crippen molar-refractivity contribution < 1.29 is 0 Å². The minimum atomic E-state index is 1.15. The Labute approximate surface area is 302 Å². The molecule has 3 nitrogen and oxygen atoms in total. The maximum Gasteiger partial charge on any atom is 0.0541 e. The molecule has 0 aliphatic heterocycles. The van der Waals surface area contributed by atoms with Crippen LogP contribution in [-0.4, -0.2) is 16.2 Å². The lowest BCUT2D eigenvalue weighted by Gasteiger charge is -2.20. The van der Waals surface area contributed by atoms with Crippen LogP contribution in [0.2, 0.25) is 0 Å². The average Bonchev–Trinajstić information content (AvgIpc) is 3.73. The first-order valence-electron chi connectivity index (χ1n) is 17.8. The van der Waals surface area contributed by atoms with Gasteiger partial charge in [-0.1, -0.05) is 109 Å². The molecule has 2 heterocycles. The minimum absolute atomic E-state index is 1.15. The molecule has 52 heavy (non-hydrogen) atoms. The summed E-state index contributed by atoms with van der Waals surface area (Å²) in [4.78, 5) is 2.25. The Hall–Kier alpha value is -6.84. The second-order valence-corrected chi connectivity index (χ2v) is 13.5. The fourth-order valence-corrected chi connectivity index (χ4v) is 7.92. The van der Waals surface area contributed by atoms with Gasteiger partial charge in [0, 0.05) is 51.3 Å². The zero-order chi connectivity index (χ0) is 34.6. The van der Waals surface area contributed by atoms with Gasteiger partial charge in [-0.25, -0.2) is 0 Å². The van der Waals surface area contributed by atoms with Crippen LogP contribution in [0.4, 0.5) is 11.4 Å². The Balaban J connectivity index is 0.935. The highest BCUT2D eigenvalue weighted by Gasteiger charge is 2.15. The quantitative estimate of drug-likeness (QED) is 0.172. The fourth-order valence-electron chi connectivity index (χ4n) is 7.92. The number of rotatable bonds is 6. The van der Waals surface area contributed by atoms with Crippen LogP contribution in [0.3, 0.4) is 0 Å². The predicted molar refractivity (Wildman–Crippen MR) is 220 cm³/mol. The number of fused-ring (bicyclic) bond motifs is 6. The van der Waals surface area contributed by atoms with Gasteiger partial charge in [-0.3, -0.25) is 0 Å². The highest BCUT2D eigenvalue weighted by molar-refractivity contribution is 6.11. The van der Waals surface area contributed by atoms with Crippen LogP contribution < -0.4 is 4.90 Å². The van der Waals surface area contributed by atoms with Crippen molar-refractivity contribution in [3.63, 3.8) is 0 Å². The van der Waals surface area contributed by atoms with Crippen molar-refractivity contribution in [2.24, 2.45) is 0 Å². The fraction of sp³-hybridized carbons (Fsp3) is 0.0204. The summed E-state index contributed by atoms with van der Waals surface area (Å²) in [5.74, 6) is 0.